The van der Waals surface area contributed by atoms with Gasteiger partial charge < -0.3 is 20.7 Å². The number of amides is 1. The molecule has 0 radical (unpaired) electrons. The fourth-order valence-corrected chi connectivity index (χ4v) is 3.56. The number of ether oxygens (including phenoxy) is 1. The second-order valence-electron chi connectivity index (χ2n) is 6.97. The lowest BCUT2D eigenvalue weighted by molar-refractivity contribution is -0.124. The summed E-state index contributed by atoms with van der Waals surface area (Å²) in [5.74, 6) is 0.566. The Morgan fingerprint density at radius 3 is 2.84 bits per heavy atom. The molecule has 1 fully saturated rings. The SMILES string of the molecule is C=C/C=c1/c(N2CCOCC2C(=O)NCCN)nn(-c2ccc(Cl)cc2)/c1=C/C=C/C. The third-order valence-electron chi connectivity index (χ3n) is 4.89. The topological polar surface area (TPSA) is 85.4 Å². The van der Waals surface area contributed by atoms with E-state index in [0.717, 1.165) is 16.3 Å². The molecule has 1 atom stereocenters. The molecule has 0 spiro atoms. The predicted octanol–water partition coefficient (Wildman–Crippen LogP) is 1.13. The number of hydrogen-bond donors (Lipinski definition) is 2. The van der Waals surface area contributed by atoms with Crippen LogP contribution in [0.1, 0.15) is 6.92 Å². The number of carbonyl (C=O) groups is 1. The van der Waals surface area contributed by atoms with Crippen LogP contribution in [0, 0.1) is 0 Å². The summed E-state index contributed by atoms with van der Waals surface area (Å²) in [6.07, 6.45) is 9.54. The van der Waals surface area contributed by atoms with Gasteiger partial charge in [0, 0.05) is 29.9 Å². The van der Waals surface area contributed by atoms with Crippen molar-refractivity contribution in [2.75, 3.05) is 37.7 Å². The zero-order chi connectivity index (χ0) is 22.2. The molecule has 2 heterocycles. The molecular weight excluding hydrogens is 414 g/mol. The second-order valence-corrected chi connectivity index (χ2v) is 7.41. The van der Waals surface area contributed by atoms with Crippen molar-refractivity contribution in [2.45, 2.75) is 13.0 Å². The van der Waals surface area contributed by atoms with Crippen molar-refractivity contribution in [3.8, 4) is 5.69 Å². The number of morpholine rings is 1. The monoisotopic (exact) mass is 441 g/mol. The number of allylic oxidation sites excluding steroid dienone is 3. The number of benzene rings is 1. The molecule has 0 bridgehead atoms. The number of nitrogens with one attached hydrogen (secondary N) is 1. The number of carbonyl (C=O) groups excluding carboxylic acids is 1. The quantitative estimate of drug-likeness (QED) is 0.672. The van der Waals surface area contributed by atoms with Gasteiger partial charge in [0.1, 0.15) is 6.04 Å². The van der Waals surface area contributed by atoms with E-state index in [2.05, 4.69) is 11.9 Å². The summed E-state index contributed by atoms with van der Waals surface area (Å²) in [5, 5.41) is 10.2. The standard InChI is InChI=1S/C23H28ClN5O2/c1-3-5-7-20-19(6-4-2)22(27-29(20)18-10-8-17(24)9-11-18)28-14-15-31-16-21(28)23(30)26-13-12-25/h3-11,21H,2,12-16,25H2,1H3,(H,26,30)/b5-3+,19-6+,20-7+. The summed E-state index contributed by atoms with van der Waals surface area (Å²) in [7, 11) is 0. The number of nitrogens with two attached hydrogens (primary N) is 1. The van der Waals surface area contributed by atoms with Gasteiger partial charge in [0.25, 0.3) is 0 Å². The molecule has 7 nitrogen and oxygen atoms in total. The molecule has 1 saturated heterocycles. The maximum atomic E-state index is 12.8. The molecule has 31 heavy (non-hydrogen) atoms. The molecule has 1 aromatic heterocycles. The molecule has 1 unspecified atom stereocenters. The van der Waals surface area contributed by atoms with E-state index >= 15 is 0 Å². The van der Waals surface area contributed by atoms with Crippen LogP contribution < -0.4 is 26.5 Å². The molecule has 1 aliphatic rings. The number of hydrogen-bond acceptors (Lipinski definition) is 5. The molecule has 1 aliphatic heterocycles. The lowest BCUT2D eigenvalue weighted by Gasteiger charge is -2.34. The first-order valence-corrected chi connectivity index (χ1v) is 10.6. The fraction of sp³-hybridized carbons (Fsp3) is 0.304. The Kier molecular flexibility index (Phi) is 8.06. The Balaban J connectivity index is 2.19. The number of nitrogens with zero attached hydrogens (tertiary/aromatic N) is 3. The van der Waals surface area contributed by atoms with E-state index in [-0.39, 0.29) is 12.5 Å². The second kappa shape index (κ2) is 10.9. The highest BCUT2D eigenvalue weighted by molar-refractivity contribution is 6.30. The minimum absolute atomic E-state index is 0.130. The van der Waals surface area contributed by atoms with Crippen molar-refractivity contribution in [1.82, 2.24) is 15.1 Å². The van der Waals surface area contributed by atoms with Crippen molar-refractivity contribution in [1.29, 1.82) is 0 Å². The van der Waals surface area contributed by atoms with Crippen LogP contribution in [-0.2, 0) is 9.53 Å². The molecule has 1 aromatic carbocycles. The molecule has 3 rings (SSSR count). The average molecular weight is 442 g/mol. The summed E-state index contributed by atoms with van der Waals surface area (Å²) in [5.41, 5.74) is 6.41. The number of halogens is 1. The molecule has 0 saturated carbocycles. The smallest absolute Gasteiger partial charge is 0.245 e. The molecule has 3 N–H and O–H groups in total. The zero-order valence-electron chi connectivity index (χ0n) is 17.6. The summed E-state index contributed by atoms with van der Waals surface area (Å²) < 4.78 is 7.45. The van der Waals surface area contributed by atoms with Gasteiger partial charge in [0.15, 0.2) is 5.82 Å². The van der Waals surface area contributed by atoms with Gasteiger partial charge in [0.2, 0.25) is 5.91 Å². The number of rotatable bonds is 7. The van der Waals surface area contributed by atoms with Gasteiger partial charge in [-0.25, -0.2) is 4.68 Å². The molecular formula is C23H28ClN5O2. The predicted molar refractivity (Wildman–Crippen MR) is 126 cm³/mol. The lowest BCUT2D eigenvalue weighted by Crippen LogP contribution is -2.56. The fourth-order valence-electron chi connectivity index (χ4n) is 3.44. The molecule has 164 valence electrons. The lowest BCUT2D eigenvalue weighted by atomic mass is 10.2. The van der Waals surface area contributed by atoms with E-state index in [9.17, 15) is 4.79 Å². The largest absolute Gasteiger partial charge is 0.377 e. The first-order chi connectivity index (χ1) is 15.1. The van der Waals surface area contributed by atoms with E-state index in [1.165, 1.54) is 0 Å². The summed E-state index contributed by atoms with van der Waals surface area (Å²) >= 11 is 6.08. The van der Waals surface area contributed by atoms with Crippen LogP contribution in [0.25, 0.3) is 17.8 Å². The first-order valence-electron chi connectivity index (χ1n) is 10.2. The Labute approximate surface area is 187 Å². The molecule has 1 amide bonds. The number of anilines is 1. The van der Waals surface area contributed by atoms with Gasteiger partial charge in [-0.1, -0.05) is 36.4 Å². The highest BCUT2D eigenvalue weighted by Crippen LogP contribution is 2.16. The van der Waals surface area contributed by atoms with Crippen LogP contribution >= 0.6 is 11.6 Å². The Hall–Kier alpha value is -2.87. The zero-order valence-corrected chi connectivity index (χ0v) is 18.4. The molecule has 2 aromatic rings. The number of aromatic nitrogens is 2. The molecule has 0 aliphatic carbocycles. The average Bonchev–Trinajstić information content (AvgIpc) is 3.14. The van der Waals surface area contributed by atoms with E-state index in [1.54, 1.807) is 6.08 Å². The van der Waals surface area contributed by atoms with Crippen LogP contribution in [0.4, 0.5) is 5.82 Å². The van der Waals surface area contributed by atoms with Gasteiger partial charge >= 0.3 is 0 Å². The highest BCUT2D eigenvalue weighted by Gasteiger charge is 2.32. The van der Waals surface area contributed by atoms with E-state index in [0.29, 0.717) is 37.1 Å². The summed E-state index contributed by atoms with van der Waals surface area (Å²) in [6.45, 7) is 7.95. The van der Waals surface area contributed by atoms with Crippen LogP contribution in [0.5, 0.6) is 0 Å². The van der Waals surface area contributed by atoms with Gasteiger partial charge in [-0.2, -0.15) is 0 Å². The maximum absolute atomic E-state index is 12.8. The van der Waals surface area contributed by atoms with Crippen LogP contribution in [0.15, 0.2) is 49.1 Å². The van der Waals surface area contributed by atoms with E-state index in [4.69, 9.17) is 27.2 Å². The Bertz CT molecular complexity index is 1060. The molecule has 8 heteroatoms. The summed E-state index contributed by atoms with van der Waals surface area (Å²) in [6, 6.07) is 6.97. The van der Waals surface area contributed by atoms with Crippen molar-refractivity contribution in [3.05, 3.63) is 64.7 Å². The third kappa shape index (κ3) is 5.25. The maximum Gasteiger partial charge on any atom is 0.245 e. The van der Waals surface area contributed by atoms with Crippen LogP contribution in [0.3, 0.4) is 0 Å². The Morgan fingerprint density at radius 1 is 1.39 bits per heavy atom. The van der Waals surface area contributed by atoms with Gasteiger partial charge in [-0.3, -0.25) is 4.79 Å². The van der Waals surface area contributed by atoms with Gasteiger partial charge in [-0.15, -0.1) is 5.10 Å². The van der Waals surface area contributed by atoms with Crippen LogP contribution in [0.2, 0.25) is 5.02 Å². The van der Waals surface area contributed by atoms with Gasteiger partial charge in [0.05, 0.1) is 24.3 Å². The normalized spacial score (nSPS) is 18.0. The van der Waals surface area contributed by atoms with E-state index in [1.807, 2.05) is 65.1 Å². The van der Waals surface area contributed by atoms with E-state index < -0.39 is 6.04 Å². The van der Waals surface area contributed by atoms with Gasteiger partial charge in [-0.05, 0) is 43.3 Å². The minimum Gasteiger partial charge on any atom is -0.377 e. The minimum atomic E-state index is -0.500. The van der Waals surface area contributed by atoms with Crippen molar-refractivity contribution >= 4 is 35.5 Å². The van der Waals surface area contributed by atoms with Crippen molar-refractivity contribution < 1.29 is 9.53 Å². The first kappa shape index (κ1) is 22.8. The van der Waals surface area contributed by atoms with Crippen molar-refractivity contribution in [3.63, 3.8) is 0 Å². The Morgan fingerprint density at radius 2 is 2.16 bits per heavy atom. The highest BCUT2D eigenvalue weighted by atomic mass is 35.5. The summed E-state index contributed by atoms with van der Waals surface area (Å²) in [4.78, 5) is 14.8. The van der Waals surface area contributed by atoms with Crippen LogP contribution in [-0.4, -0.2) is 54.6 Å². The third-order valence-corrected chi connectivity index (χ3v) is 5.14. The van der Waals surface area contributed by atoms with Crippen molar-refractivity contribution in [2.24, 2.45) is 5.73 Å².